The molecule has 2 aliphatic heterocycles. The van der Waals surface area contributed by atoms with Crippen LogP contribution in [0.4, 0.5) is 0 Å². The Bertz CT molecular complexity index is 1260. The monoisotopic (exact) mass is 650 g/mol. The molecule has 3 saturated carbocycles. The SMILES string of the molecule is CC1=C(CO[C@@H]2O[C@H](CO)[C@@H](O)[C@H](O)[C@H]2O)C(=O)O[C@@H]([C@@H](CO)[C@H]2CC[C@H]3[C@@H]4C[C@@H](O)[C@@]5(O)CC=CC(=O)[C@]5(C)[C@H]4CC[C@]23C)C1. The maximum absolute atomic E-state index is 13.3. The first-order valence-corrected chi connectivity index (χ1v) is 16.8. The molecule has 0 aromatic heterocycles. The molecule has 46 heavy (non-hydrogen) atoms. The van der Waals surface area contributed by atoms with Gasteiger partial charge in [-0.05, 0) is 87.5 Å². The zero-order valence-corrected chi connectivity index (χ0v) is 26.8. The zero-order valence-electron chi connectivity index (χ0n) is 26.8. The number of aliphatic hydroxyl groups is 7. The van der Waals surface area contributed by atoms with Gasteiger partial charge >= 0.3 is 5.97 Å². The first kappa shape index (κ1) is 34.1. The van der Waals surface area contributed by atoms with Crippen molar-refractivity contribution < 1.29 is 59.5 Å². The summed E-state index contributed by atoms with van der Waals surface area (Å²) < 4.78 is 17.0. The summed E-state index contributed by atoms with van der Waals surface area (Å²) in [6, 6.07) is 0. The highest BCUT2D eigenvalue weighted by Gasteiger charge is 2.69. The topological polar surface area (TPSA) is 203 Å². The van der Waals surface area contributed by atoms with E-state index in [0.29, 0.717) is 18.4 Å². The lowest BCUT2D eigenvalue weighted by molar-refractivity contribution is -0.299. The van der Waals surface area contributed by atoms with Gasteiger partial charge in [-0.15, -0.1) is 0 Å². The molecule has 2 heterocycles. The first-order valence-electron chi connectivity index (χ1n) is 16.8. The second kappa shape index (κ2) is 12.3. The van der Waals surface area contributed by atoms with E-state index in [4.69, 9.17) is 14.2 Å². The van der Waals surface area contributed by atoms with Crippen LogP contribution in [-0.2, 0) is 23.8 Å². The van der Waals surface area contributed by atoms with Gasteiger partial charge in [0.05, 0.1) is 30.3 Å². The van der Waals surface area contributed by atoms with E-state index >= 15 is 0 Å². The molecule has 4 fully saturated rings. The normalized spacial score (nSPS) is 49.7. The minimum absolute atomic E-state index is 0.0358. The maximum Gasteiger partial charge on any atom is 0.336 e. The summed E-state index contributed by atoms with van der Waals surface area (Å²) in [5.41, 5.74) is -1.81. The lowest BCUT2D eigenvalue weighted by Crippen LogP contribution is -2.69. The highest BCUT2D eigenvalue weighted by Crippen LogP contribution is 2.68. The lowest BCUT2D eigenvalue weighted by Gasteiger charge is -2.63. The van der Waals surface area contributed by atoms with Gasteiger partial charge in [-0.2, -0.15) is 0 Å². The van der Waals surface area contributed by atoms with Crippen molar-refractivity contribution in [3.63, 3.8) is 0 Å². The summed E-state index contributed by atoms with van der Waals surface area (Å²) in [4.78, 5) is 26.6. The molecule has 7 N–H and O–H groups in total. The molecule has 12 heteroatoms. The highest BCUT2D eigenvalue weighted by molar-refractivity contribution is 5.97. The number of hydrogen-bond donors (Lipinski definition) is 7. The van der Waals surface area contributed by atoms with Crippen LogP contribution in [0.5, 0.6) is 0 Å². The molecule has 0 amide bonds. The Morgan fingerprint density at radius 3 is 2.43 bits per heavy atom. The van der Waals surface area contributed by atoms with E-state index < -0.39 is 66.5 Å². The van der Waals surface area contributed by atoms with Crippen LogP contribution in [0.1, 0.15) is 65.7 Å². The van der Waals surface area contributed by atoms with Gasteiger partial charge in [0.2, 0.25) is 0 Å². The van der Waals surface area contributed by atoms with E-state index in [2.05, 4.69) is 6.92 Å². The number of hydrogen-bond acceptors (Lipinski definition) is 12. The average molecular weight is 651 g/mol. The highest BCUT2D eigenvalue weighted by atomic mass is 16.7. The number of aliphatic hydroxyl groups excluding tert-OH is 6. The van der Waals surface area contributed by atoms with Crippen LogP contribution in [0.25, 0.3) is 0 Å². The van der Waals surface area contributed by atoms with Crippen molar-refractivity contribution >= 4 is 11.8 Å². The second-order valence-electron chi connectivity index (χ2n) is 15.2. The predicted octanol–water partition coefficient (Wildman–Crippen LogP) is 0.133. The molecule has 0 radical (unpaired) electrons. The number of cyclic esters (lactones) is 1. The second-order valence-corrected chi connectivity index (χ2v) is 15.2. The van der Waals surface area contributed by atoms with Crippen molar-refractivity contribution in [2.24, 2.45) is 40.4 Å². The lowest BCUT2D eigenvalue weighted by atomic mass is 9.43. The van der Waals surface area contributed by atoms with Crippen molar-refractivity contribution in [2.45, 2.75) is 114 Å². The van der Waals surface area contributed by atoms with Gasteiger partial charge in [0, 0.05) is 18.9 Å². The third-order valence-electron chi connectivity index (χ3n) is 13.4. The van der Waals surface area contributed by atoms with Gasteiger partial charge in [-0.1, -0.05) is 18.6 Å². The number of ether oxygens (including phenoxy) is 3. The van der Waals surface area contributed by atoms with Crippen molar-refractivity contribution in [1.82, 2.24) is 0 Å². The van der Waals surface area contributed by atoms with E-state index in [1.807, 2.05) is 6.92 Å². The van der Waals surface area contributed by atoms with E-state index in [1.165, 1.54) is 0 Å². The molecule has 0 spiro atoms. The largest absolute Gasteiger partial charge is 0.458 e. The van der Waals surface area contributed by atoms with Crippen molar-refractivity contribution in [1.29, 1.82) is 0 Å². The van der Waals surface area contributed by atoms with Gasteiger partial charge in [0.15, 0.2) is 12.1 Å². The Morgan fingerprint density at radius 2 is 1.76 bits per heavy atom. The van der Waals surface area contributed by atoms with Crippen LogP contribution in [0.2, 0.25) is 0 Å². The molecule has 0 unspecified atom stereocenters. The number of fused-ring (bicyclic) bond motifs is 5. The predicted molar refractivity (Wildman–Crippen MR) is 160 cm³/mol. The van der Waals surface area contributed by atoms with E-state index in [0.717, 1.165) is 25.7 Å². The summed E-state index contributed by atoms with van der Waals surface area (Å²) in [6.45, 7) is 4.81. The maximum atomic E-state index is 13.3. The molecule has 6 aliphatic rings. The van der Waals surface area contributed by atoms with E-state index in [-0.39, 0.29) is 66.0 Å². The number of carbonyl (C=O) groups is 2. The van der Waals surface area contributed by atoms with Crippen molar-refractivity contribution in [3.05, 3.63) is 23.3 Å². The van der Waals surface area contributed by atoms with Crippen LogP contribution >= 0.6 is 0 Å². The van der Waals surface area contributed by atoms with E-state index in [1.54, 1.807) is 19.1 Å². The Labute approximate surface area is 269 Å². The Balaban J connectivity index is 1.17. The fraction of sp³-hybridized carbons (Fsp3) is 0.824. The zero-order chi connectivity index (χ0) is 33.3. The molecular formula is C34H50O12. The van der Waals surface area contributed by atoms with Gasteiger partial charge in [0.25, 0.3) is 0 Å². The minimum Gasteiger partial charge on any atom is -0.458 e. The standard InChI is InChI=1S/C34H50O12/c1-16-11-23(45-30(42)19(16)15-44-31-29(41)28(40)27(39)24(14-36)46-31)18(13-35)21-7-6-20-17-12-26(38)34(43)9-4-5-25(37)33(34,3)22(17)8-10-32(20,21)2/h4-5,17-18,20-24,26-29,31,35-36,38-41,43H,6-15H2,1-3H3/t17-,18-,20-,21+,22-,23+,24+,26+,27+,28-,29+,31+,32-,33-,34-/m0/s1. The first-order chi connectivity index (χ1) is 21.7. The Morgan fingerprint density at radius 1 is 1.02 bits per heavy atom. The van der Waals surface area contributed by atoms with Crippen molar-refractivity contribution in [3.8, 4) is 0 Å². The Hall–Kier alpha value is -1.74. The minimum atomic E-state index is -1.60. The molecular weight excluding hydrogens is 600 g/mol. The summed E-state index contributed by atoms with van der Waals surface area (Å²) >= 11 is 0. The third kappa shape index (κ3) is 4.97. The number of allylic oxidation sites excluding steroid dienone is 1. The number of rotatable bonds is 7. The molecule has 0 bridgehead atoms. The van der Waals surface area contributed by atoms with Gasteiger partial charge in [-0.3, -0.25) is 4.79 Å². The smallest absolute Gasteiger partial charge is 0.336 e. The fourth-order valence-corrected chi connectivity index (χ4v) is 10.6. The molecule has 15 atom stereocenters. The van der Waals surface area contributed by atoms with Crippen LogP contribution in [0.15, 0.2) is 23.3 Å². The van der Waals surface area contributed by atoms with Gasteiger partial charge in [0.1, 0.15) is 36.1 Å². The van der Waals surface area contributed by atoms with Crippen LogP contribution in [0, 0.1) is 40.4 Å². The van der Waals surface area contributed by atoms with Gasteiger partial charge < -0.3 is 50.0 Å². The fourth-order valence-electron chi connectivity index (χ4n) is 10.6. The van der Waals surface area contributed by atoms with Crippen LogP contribution < -0.4 is 0 Å². The quantitative estimate of drug-likeness (QED) is 0.184. The summed E-state index contributed by atoms with van der Waals surface area (Å²) in [5.74, 6) is -0.867. The number of esters is 1. The molecule has 258 valence electrons. The molecule has 0 aromatic carbocycles. The summed E-state index contributed by atoms with van der Waals surface area (Å²) in [5, 5.41) is 73.5. The molecule has 4 aliphatic carbocycles. The van der Waals surface area contributed by atoms with Crippen molar-refractivity contribution in [2.75, 3.05) is 19.8 Å². The summed E-state index contributed by atoms with van der Waals surface area (Å²) in [6.07, 6.45) is -1.34. The average Bonchev–Trinajstić information content (AvgIpc) is 3.36. The van der Waals surface area contributed by atoms with E-state index in [9.17, 15) is 45.3 Å². The van der Waals surface area contributed by atoms with Crippen LogP contribution in [0.3, 0.4) is 0 Å². The third-order valence-corrected chi connectivity index (χ3v) is 13.4. The van der Waals surface area contributed by atoms with Crippen LogP contribution in [-0.4, -0.2) is 116 Å². The number of carbonyl (C=O) groups excluding carboxylic acids is 2. The summed E-state index contributed by atoms with van der Waals surface area (Å²) in [7, 11) is 0. The molecule has 12 nitrogen and oxygen atoms in total. The number of ketones is 1. The molecule has 1 saturated heterocycles. The molecule has 6 rings (SSSR count). The van der Waals surface area contributed by atoms with Gasteiger partial charge in [-0.25, -0.2) is 4.79 Å². The molecule has 0 aromatic rings. The Kier molecular flexibility index (Phi) is 9.13.